The Labute approximate surface area is 138 Å². The summed E-state index contributed by atoms with van der Waals surface area (Å²) in [5.74, 6) is 0.774. The maximum absolute atomic E-state index is 12.2. The Balaban J connectivity index is 2.33. The number of ether oxygens (including phenoxy) is 2. The molecule has 1 aromatic heterocycles. The highest BCUT2D eigenvalue weighted by molar-refractivity contribution is 9.08. The van der Waals surface area contributed by atoms with Gasteiger partial charge in [-0.15, -0.1) is 0 Å². The van der Waals surface area contributed by atoms with Crippen molar-refractivity contribution in [2.45, 2.75) is 31.7 Å². The summed E-state index contributed by atoms with van der Waals surface area (Å²) in [5, 5.41) is 4.87. The van der Waals surface area contributed by atoms with E-state index in [-0.39, 0.29) is 0 Å². The molecule has 22 heavy (non-hydrogen) atoms. The molecule has 0 aliphatic rings. The molecule has 118 valence electrons. The molecule has 1 heterocycles. The molecule has 0 unspecified atom stereocenters. The van der Waals surface area contributed by atoms with Gasteiger partial charge in [-0.3, -0.25) is 0 Å². The summed E-state index contributed by atoms with van der Waals surface area (Å²) in [7, 11) is 1.62. The third kappa shape index (κ3) is 3.88. The standard InChI is InChI=1S/C16H19BrN2O3/c1-16(2,3)22-15(20)19-12(10-17)9-14(18-19)11-5-7-13(21-4)8-6-11/h5-9H,10H2,1-4H3. The zero-order valence-corrected chi connectivity index (χ0v) is 14.7. The fraction of sp³-hybridized carbons (Fsp3) is 0.375. The predicted molar refractivity (Wildman–Crippen MR) is 88.5 cm³/mol. The molecule has 5 nitrogen and oxygen atoms in total. The molecule has 0 fully saturated rings. The fourth-order valence-electron chi connectivity index (χ4n) is 1.88. The summed E-state index contributed by atoms with van der Waals surface area (Å²) >= 11 is 3.38. The zero-order valence-electron chi connectivity index (χ0n) is 13.1. The number of hydrogen-bond donors (Lipinski definition) is 0. The van der Waals surface area contributed by atoms with Crippen molar-refractivity contribution in [1.82, 2.24) is 9.78 Å². The lowest BCUT2D eigenvalue weighted by Crippen LogP contribution is -2.28. The second kappa shape index (κ2) is 6.52. The number of carbonyl (C=O) groups is 1. The second-order valence-electron chi connectivity index (χ2n) is 5.78. The molecule has 1 aromatic carbocycles. The van der Waals surface area contributed by atoms with E-state index in [4.69, 9.17) is 9.47 Å². The van der Waals surface area contributed by atoms with Gasteiger partial charge in [0.15, 0.2) is 0 Å². The first-order valence-electron chi connectivity index (χ1n) is 6.87. The van der Waals surface area contributed by atoms with Crippen molar-refractivity contribution < 1.29 is 14.3 Å². The molecule has 0 saturated heterocycles. The number of methoxy groups -OCH3 is 1. The first-order valence-corrected chi connectivity index (χ1v) is 7.99. The van der Waals surface area contributed by atoms with E-state index in [1.807, 2.05) is 51.1 Å². The molecule has 0 aliphatic heterocycles. The maximum Gasteiger partial charge on any atom is 0.435 e. The maximum atomic E-state index is 12.2. The monoisotopic (exact) mass is 366 g/mol. The smallest absolute Gasteiger partial charge is 0.435 e. The second-order valence-corrected chi connectivity index (χ2v) is 6.34. The van der Waals surface area contributed by atoms with Gasteiger partial charge in [0.25, 0.3) is 0 Å². The molecule has 0 saturated carbocycles. The van der Waals surface area contributed by atoms with Crippen LogP contribution in [0, 0.1) is 0 Å². The van der Waals surface area contributed by atoms with Gasteiger partial charge in [-0.25, -0.2) is 4.79 Å². The number of carbonyl (C=O) groups excluding carboxylic acids is 1. The Morgan fingerprint density at radius 1 is 1.27 bits per heavy atom. The van der Waals surface area contributed by atoms with Gasteiger partial charge < -0.3 is 9.47 Å². The summed E-state index contributed by atoms with van der Waals surface area (Å²) in [6.07, 6.45) is -0.485. The molecular weight excluding hydrogens is 348 g/mol. The Hall–Kier alpha value is -1.82. The van der Waals surface area contributed by atoms with Crippen LogP contribution in [-0.2, 0) is 10.1 Å². The van der Waals surface area contributed by atoms with Gasteiger partial charge in [-0.1, -0.05) is 15.9 Å². The van der Waals surface area contributed by atoms with Crippen LogP contribution < -0.4 is 4.74 Å². The number of halogens is 1. The molecule has 0 aliphatic carbocycles. The predicted octanol–water partition coefficient (Wildman–Crippen LogP) is 4.24. The van der Waals surface area contributed by atoms with Crippen molar-refractivity contribution in [2.75, 3.05) is 7.11 Å². The van der Waals surface area contributed by atoms with Gasteiger partial charge in [0.05, 0.1) is 18.5 Å². The van der Waals surface area contributed by atoms with Crippen molar-refractivity contribution >= 4 is 22.0 Å². The van der Waals surface area contributed by atoms with Gasteiger partial charge in [0.2, 0.25) is 0 Å². The Morgan fingerprint density at radius 3 is 2.41 bits per heavy atom. The van der Waals surface area contributed by atoms with Gasteiger partial charge in [0.1, 0.15) is 11.4 Å². The quantitative estimate of drug-likeness (QED) is 0.762. The highest BCUT2D eigenvalue weighted by Gasteiger charge is 2.21. The molecule has 0 N–H and O–H groups in total. The molecule has 0 amide bonds. The zero-order chi connectivity index (χ0) is 16.3. The van der Waals surface area contributed by atoms with Crippen molar-refractivity contribution in [3.05, 3.63) is 36.0 Å². The van der Waals surface area contributed by atoms with E-state index in [9.17, 15) is 4.79 Å². The lowest BCUT2D eigenvalue weighted by Gasteiger charge is -2.19. The van der Waals surface area contributed by atoms with Crippen molar-refractivity contribution in [1.29, 1.82) is 0 Å². The van der Waals surface area contributed by atoms with Crippen LogP contribution in [0.3, 0.4) is 0 Å². The lowest BCUT2D eigenvalue weighted by molar-refractivity contribution is 0.0511. The highest BCUT2D eigenvalue weighted by Crippen LogP contribution is 2.23. The van der Waals surface area contributed by atoms with Crippen LogP contribution in [-0.4, -0.2) is 28.6 Å². The van der Waals surface area contributed by atoms with E-state index in [1.54, 1.807) is 7.11 Å². The van der Waals surface area contributed by atoms with Crippen LogP contribution in [0.25, 0.3) is 11.3 Å². The first kappa shape index (κ1) is 16.5. The van der Waals surface area contributed by atoms with Crippen LogP contribution in [0.15, 0.2) is 30.3 Å². The fourth-order valence-corrected chi connectivity index (χ4v) is 2.28. The number of hydrogen-bond acceptors (Lipinski definition) is 4. The normalized spacial score (nSPS) is 11.3. The lowest BCUT2D eigenvalue weighted by atomic mass is 10.1. The molecule has 2 aromatic rings. The average molecular weight is 367 g/mol. The van der Waals surface area contributed by atoms with Crippen LogP contribution in [0.2, 0.25) is 0 Å². The molecule has 0 atom stereocenters. The third-order valence-corrected chi connectivity index (χ3v) is 3.45. The highest BCUT2D eigenvalue weighted by atomic mass is 79.9. The van der Waals surface area contributed by atoms with Crippen molar-refractivity contribution in [3.8, 4) is 17.0 Å². The minimum atomic E-state index is -0.563. The largest absolute Gasteiger partial charge is 0.497 e. The Bertz CT molecular complexity index is 657. The third-order valence-electron chi connectivity index (χ3n) is 2.87. The van der Waals surface area contributed by atoms with E-state index in [0.29, 0.717) is 11.0 Å². The first-order chi connectivity index (χ1) is 10.3. The number of aromatic nitrogens is 2. The summed E-state index contributed by atoms with van der Waals surface area (Å²) < 4.78 is 11.8. The summed E-state index contributed by atoms with van der Waals surface area (Å²) in [5.41, 5.74) is 1.79. The number of rotatable bonds is 3. The van der Waals surface area contributed by atoms with E-state index in [2.05, 4.69) is 21.0 Å². The van der Waals surface area contributed by atoms with Crippen LogP contribution in [0.1, 0.15) is 26.5 Å². The summed E-state index contributed by atoms with van der Waals surface area (Å²) in [6, 6.07) is 9.38. The molecule has 6 heteroatoms. The van der Waals surface area contributed by atoms with Gasteiger partial charge >= 0.3 is 6.09 Å². The minimum Gasteiger partial charge on any atom is -0.497 e. The van der Waals surface area contributed by atoms with E-state index in [0.717, 1.165) is 17.0 Å². The van der Waals surface area contributed by atoms with Gasteiger partial charge in [0, 0.05) is 10.9 Å². The summed E-state index contributed by atoms with van der Waals surface area (Å²) in [6.45, 7) is 5.48. The Kier molecular flexibility index (Phi) is 4.90. The number of benzene rings is 1. The Morgan fingerprint density at radius 2 is 1.91 bits per heavy atom. The molecule has 0 spiro atoms. The van der Waals surface area contributed by atoms with Gasteiger partial charge in [-0.05, 0) is 51.1 Å². The molecule has 0 bridgehead atoms. The SMILES string of the molecule is COc1ccc(-c2cc(CBr)n(C(=O)OC(C)(C)C)n2)cc1. The molecule has 0 radical (unpaired) electrons. The number of alkyl halides is 1. The number of nitrogens with zero attached hydrogens (tertiary/aromatic N) is 2. The van der Waals surface area contributed by atoms with Crippen molar-refractivity contribution in [2.24, 2.45) is 0 Å². The molecule has 2 rings (SSSR count). The topological polar surface area (TPSA) is 53.4 Å². The van der Waals surface area contributed by atoms with E-state index >= 15 is 0 Å². The minimum absolute atomic E-state index is 0.485. The average Bonchev–Trinajstić information content (AvgIpc) is 2.90. The van der Waals surface area contributed by atoms with Crippen LogP contribution >= 0.6 is 15.9 Å². The van der Waals surface area contributed by atoms with Crippen LogP contribution in [0.5, 0.6) is 5.75 Å². The van der Waals surface area contributed by atoms with Gasteiger partial charge in [-0.2, -0.15) is 9.78 Å². The van der Waals surface area contributed by atoms with E-state index < -0.39 is 11.7 Å². The van der Waals surface area contributed by atoms with Crippen LogP contribution in [0.4, 0.5) is 4.79 Å². The molecular formula is C16H19BrN2O3. The van der Waals surface area contributed by atoms with Crippen molar-refractivity contribution in [3.63, 3.8) is 0 Å². The van der Waals surface area contributed by atoms with E-state index in [1.165, 1.54) is 4.68 Å². The summed E-state index contributed by atoms with van der Waals surface area (Å²) in [4.78, 5) is 12.2.